The zero-order chi connectivity index (χ0) is 24.5. The van der Waals surface area contributed by atoms with Gasteiger partial charge in [0.1, 0.15) is 6.61 Å². The molecule has 5 rings (SSSR count). The van der Waals surface area contributed by atoms with Crippen LogP contribution in [0.5, 0.6) is 0 Å². The second-order valence-corrected chi connectivity index (χ2v) is 9.77. The van der Waals surface area contributed by atoms with Crippen molar-refractivity contribution in [2.45, 2.75) is 25.7 Å². The number of benzene rings is 2. The number of nitrogens with one attached hydrogen (secondary N) is 1. The summed E-state index contributed by atoms with van der Waals surface area (Å²) in [5, 5.41) is 12.2. The molecule has 3 aliphatic rings. The average Bonchev–Trinajstić information content (AvgIpc) is 3.33. The van der Waals surface area contributed by atoms with Crippen LogP contribution >= 0.6 is 0 Å². The van der Waals surface area contributed by atoms with Crippen molar-refractivity contribution in [1.82, 2.24) is 10.2 Å². The van der Waals surface area contributed by atoms with Crippen molar-refractivity contribution in [3.05, 3.63) is 71.3 Å². The maximum absolute atomic E-state index is 12.9. The van der Waals surface area contributed by atoms with E-state index < -0.39 is 12.1 Å². The number of carboxylic acids is 1. The van der Waals surface area contributed by atoms with Crippen LogP contribution in [0.2, 0.25) is 0 Å². The zero-order valence-electron chi connectivity index (χ0n) is 19.8. The molecule has 2 aliphatic carbocycles. The minimum absolute atomic E-state index is 0.00361. The number of alkyl carbamates (subject to hydrolysis) is 1. The van der Waals surface area contributed by atoms with E-state index in [9.17, 15) is 19.5 Å². The molecular weight excluding hydrogens is 444 g/mol. The maximum Gasteiger partial charge on any atom is 0.407 e. The fourth-order valence-corrected chi connectivity index (χ4v) is 6.07. The van der Waals surface area contributed by atoms with Crippen LogP contribution in [0.1, 0.15) is 36.8 Å². The predicted octanol–water partition coefficient (Wildman–Crippen LogP) is 4.04. The molecule has 1 aliphatic heterocycles. The first-order valence-corrected chi connectivity index (χ1v) is 12.2. The number of carboxylic acid groups (broad SMARTS) is 1. The molecule has 1 saturated heterocycles. The summed E-state index contributed by atoms with van der Waals surface area (Å²) in [4.78, 5) is 38.5. The van der Waals surface area contributed by atoms with Crippen LogP contribution in [0.25, 0.3) is 11.1 Å². The number of piperidine rings is 1. The highest BCUT2D eigenvalue weighted by Gasteiger charge is 2.47. The number of amides is 2. The standard InChI is InChI=1S/C28H30N2O5/c1-17(26(31)30-14-18-10-11-19(15-30)25(18)27(32)33)12-13-29-28(34)35-16-24-22-8-4-2-6-20(22)21-7-3-5-9-23(21)24/h2-9,12,18-19,24-25H,10-11,13-16H2,1H3,(H,29,34)(H,32,33)/b17-12+. The number of nitrogens with zero attached hydrogens (tertiary/aromatic N) is 1. The van der Waals surface area contributed by atoms with E-state index in [1.165, 1.54) is 11.1 Å². The molecule has 2 bridgehead atoms. The van der Waals surface area contributed by atoms with E-state index in [1.807, 2.05) is 24.3 Å². The molecule has 2 fully saturated rings. The van der Waals surface area contributed by atoms with Gasteiger partial charge in [0.15, 0.2) is 0 Å². The van der Waals surface area contributed by atoms with Gasteiger partial charge in [-0.3, -0.25) is 9.59 Å². The normalized spacial score (nSPS) is 22.9. The van der Waals surface area contributed by atoms with Crippen LogP contribution in [0, 0.1) is 17.8 Å². The Morgan fingerprint density at radius 1 is 1.00 bits per heavy atom. The molecule has 2 atom stereocenters. The number of fused-ring (bicyclic) bond motifs is 5. The monoisotopic (exact) mass is 474 g/mol. The lowest BCUT2D eigenvalue weighted by Gasteiger charge is -2.36. The quantitative estimate of drug-likeness (QED) is 0.616. The molecule has 2 unspecified atom stereocenters. The molecular formula is C28H30N2O5. The lowest BCUT2D eigenvalue weighted by Crippen LogP contribution is -2.47. The maximum atomic E-state index is 12.9. The summed E-state index contributed by atoms with van der Waals surface area (Å²) < 4.78 is 5.54. The van der Waals surface area contributed by atoms with Crippen molar-refractivity contribution in [3.63, 3.8) is 0 Å². The van der Waals surface area contributed by atoms with Crippen molar-refractivity contribution < 1.29 is 24.2 Å². The molecule has 35 heavy (non-hydrogen) atoms. The van der Waals surface area contributed by atoms with Gasteiger partial charge in [0.05, 0.1) is 5.92 Å². The molecule has 0 spiro atoms. The summed E-state index contributed by atoms with van der Waals surface area (Å²) in [5.74, 6) is -1.12. The van der Waals surface area contributed by atoms with Crippen LogP contribution in [-0.4, -0.2) is 54.2 Å². The number of ether oxygens (including phenoxy) is 1. The Kier molecular flexibility index (Phi) is 6.32. The van der Waals surface area contributed by atoms with Gasteiger partial charge >= 0.3 is 12.1 Å². The molecule has 2 N–H and O–H groups in total. The average molecular weight is 475 g/mol. The fourth-order valence-electron chi connectivity index (χ4n) is 6.07. The highest BCUT2D eigenvalue weighted by atomic mass is 16.5. The fraction of sp³-hybridized carbons (Fsp3) is 0.393. The number of hydrogen-bond acceptors (Lipinski definition) is 4. The van der Waals surface area contributed by atoms with Crippen molar-refractivity contribution in [1.29, 1.82) is 0 Å². The summed E-state index contributed by atoms with van der Waals surface area (Å²) in [5.41, 5.74) is 5.20. The molecule has 2 amide bonds. The number of aliphatic carboxylic acids is 1. The third-order valence-electron chi connectivity index (χ3n) is 7.74. The third kappa shape index (κ3) is 4.43. The van der Waals surface area contributed by atoms with Crippen LogP contribution < -0.4 is 5.32 Å². The Hall–Kier alpha value is -3.61. The van der Waals surface area contributed by atoms with Gasteiger partial charge in [-0.15, -0.1) is 0 Å². The molecule has 182 valence electrons. The number of hydrogen-bond donors (Lipinski definition) is 2. The Morgan fingerprint density at radius 2 is 1.57 bits per heavy atom. The minimum Gasteiger partial charge on any atom is -0.481 e. The largest absolute Gasteiger partial charge is 0.481 e. The Labute approximate surface area is 204 Å². The first kappa shape index (κ1) is 23.1. The van der Waals surface area contributed by atoms with Crippen LogP contribution in [-0.2, 0) is 14.3 Å². The SMILES string of the molecule is C/C(=C\CNC(=O)OCC1c2ccccc2-c2ccccc21)C(=O)N1CC2CCC(C1)C2C(=O)O. The van der Waals surface area contributed by atoms with E-state index in [0.29, 0.717) is 18.7 Å². The molecule has 1 saturated carbocycles. The summed E-state index contributed by atoms with van der Waals surface area (Å²) in [6.45, 7) is 3.12. The molecule has 7 heteroatoms. The van der Waals surface area contributed by atoms with Gasteiger partial charge in [0, 0.05) is 31.1 Å². The van der Waals surface area contributed by atoms with Gasteiger partial charge in [0.25, 0.3) is 0 Å². The van der Waals surface area contributed by atoms with E-state index in [2.05, 4.69) is 29.6 Å². The van der Waals surface area contributed by atoms with E-state index in [-0.39, 0.29) is 42.7 Å². The third-order valence-corrected chi connectivity index (χ3v) is 7.74. The summed E-state index contributed by atoms with van der Waals surface area (Å²) in [6, 6.07) is 16.4. The van der Waals surface area contributed by atoms with E-state index in [1.54, 1.807) is 17.9 Å². The minimum atomic E-state index is -0.746. The van der Waals surface area contributed by atoms with Gasteiger partial charge in [-0.05, 0) is 53.9 Å². The number of rotatable bonds is 6. The second-order valence-electron chi connectivity index (χ2n) is 9.77. The topological polar surface area (TPSA) is 95.9 Å². The molecule has 7 nitrogen and oxygen atoms in total. The van der Waals surface area contributed by atoms with Crippen molar-refractivity contribution in [2.75, 3.05) is 26.2 Å². The lowest BCUT2D eigenvalue weighted by molar-refractivity contribution is -0.149. The summed E-state index contributed by atoms with van der Waals surface area (Å²) in [7, 11) is 0. The highest BCUT2D eigenvalue weighted by molar-refractivity contribution is 5.93. The van der Waals surface area contributed by atoms with E-state index in [4.69, 9.17) is 4.74 Å². The number of carbonyl (C=O) groups is 3. The summed E-state index contributed by atoms with van der Waals surface area (Å²) >= 11 is 0. The number of likely N-dealkylation sites (tertiary alicyclic amines) is 1. The van der Waals surface area contributed by atoms with Crippen molar-refractivity contribution >= 4 is 18.0 Å². The van der Waals surface area contributed by atoms with Gasteiger partial charge < -0.3 is 20.1 Å². The van der Waals surface area contributed by atoms with Crippen LogP contribution in [0.3, 0.4) is 0 Å². The molecule has 1 heterocycles. The Balaban J connectivity index is 1.13. The van der Waals surface area contributed by atoms with Crippen LogP contribution in [0.4, 0.5) is 4.79 Å². The van der Waals surface area contributed by atoms with Gasteiger partial charge in [-0.1, -0.05) is 54.6 Å². The molecule has 0 radical (unpaired) electrons. The predicted molar refractivity (Wildman–Crippen MR) is 131 cm³/mol. The van der Waals surface area contributed by atoms with E-state index >= 15 is 0 Å². The molecule has 2 aromatic carbocycles. The zero-order valence-corrected chi connectivity index (χ0v) is 19.8. The Bertz CT molecular complexity index is 1130. The van der Waals surface area contributed by atoms with Crippen molar-refractivity contribution in [3.8, 4) is 11.1 Å². The lowest BCUT2D eigenvalue weighted by atomic mass is 9.85. The molecule has 0 aromatic heterocycles. The number of carbonyl (C=O) groups excluding carboxylic acids is 2. The van der Waals surface area contributed by atoms with Crippen molar-refractivity contribution in [2.24, 2.45) is 17.8 Å². The summed E-state index contributed by atoms with van der Waals surface area (Å²) in [6.07, 6.45) is 2.88. The van der Waals surface area contributed by atoms with Gasteiger partial charge in [-0.2, -0.15) is 0 Å². The highest BCUT2D eigenvalue weighted by Crippen LogP contribution is 2.44. The van der Waals surface area contributed by atoms with Gasteiger partial charge in [0.2, 0.25) is 5.91 Å². The van der Waals surface area contributed by atoms with Crippen LogP contribution in [0.15, 0.2) is 60.2 Å². The smallest absolute Gasteiger partial charge is 0.407 e. The Morgan fingerprint density at radius 3 is 2.14 bits per heavy atom. The van der Waals surface area contributed by atoms with E-state index in [0.717, 1.165) is 24.0 Å². The first-order valence-electron chi connectivity index (χ1n) is 12.2. The first-order chi connectivity index (χ1) is 16.9. The second kappa shape index (κ2) is 9.56. The van der Waals surface area contributed by atoms with Gasteiger partial charge in [-0.25, -0.2) is 4.79 Å². The molecule has 2 aromatic rings.